The molecule has 5 heteroatoms. The standard InChI is InChI=1S/C16H21Si.3ClH.Ti/c1-4-14-10-9-13-16(14)17(3,5-2)15-11-7-6-8-12-15;;;;/h6-8,10-12H,4-5,9H2,1-3H3;3*1H;/q;;;;+3/p-3. The Balaban J connectivity index is 0. The zero-order valence-corrected chi connectivity index (χ0v) is 17.5. The minimum absolute atomic E-state index is 0. The van der Waals surface area contributed by atoms with Crippen molar-refractivity contribution in [2.24, 2.45) is 0 Å². The van der Waals surface area contributed by atoms with Crippen molar-refractivity contribution in [3.05, 3.63) is 51.1 Å². The van der Waals surface area contributed by atoms with E-state index in [4.69, 9.17) is 0 Å². The summed E-state index contributed by atoms with van der Waals surface area (Å²) in [5.74, 6) is 0. The molecule has 0 bridgehead atoms. The quantitative estimate of drug-likeness (QED) is 0.449. The summed E-state index contributed by atoms with van der Waals surface area (Å²) in [6, 6.07) is 12.5. The van der Waals surface area contributed by atoms with Crippen LogP contribution in [0.2, 0.25) is 12.6 Å². The van der Waals surface area contributed by atoms with Gasteiger partial charge in [0.15, 0.2) is 0 Å². The molecule has 0 fully saturated rings. The molecular weight excluding hydrogens is 374 g/mol. The van der Waals surface area contributed by atoms with E-state index in [0.717, 1.165) is 0 Å². The Morgan fingerprint density at radius 1 is 1.05 bits per heavy atom. The second kappa shape index (κ2) is 10.3. The fourth-order valence-corrected chi connectivity index (χ4v) is 8.40. The van der Waals surface area contributed by atoms with Crippen molar-refractivity contribution in [2.45, 2.75) is 39.3 Å². The Kier molecular flexibility index (Phi) is 11.7. The van der Waals surface area contributed by atoms with Crippen LogP contribution in [0.1, 0.15) is 26.7 Å². The van der Waals surface area contributed by atoms with Crippen molar-refractivity contribution in [1.82, 2.24) is 0 Å². The number of rotatable bonds is 4. The number of allylic oxidation sites excluding steroid dienone is 4. The van der Waals surface area contributed by atoms with Gasteiger partial charge in [-0.15, -0.1) is 0 Å². The van der Waals surface area contributed by atoms with E-state index in [-0.39, 0.29) is 37.2 Å². The van der Waals surface area contributed by atoms with E-state index in [2.05, 4.69) is 77.2 Å². The summed E-state index contributed by atoms with van der Waals surface area (Å²) in [5.41, 5.74) is 1.62. The predicted molar refractivity (Wildman–Crippen MR) is 78.2 cm³/mol. The molecule has 1 aliphatic carbocycles. The largest absolute Gasteiger partial charge is 1.00 e. The summed E-state index contributed by atoms with van der Waals surface area (Å²) in [7, 11) is -1.50. The van der Waals surface area contributed by atoms with Crippen molar-refractivity contribution in [1.29, 1.82) is 0 Å². The van der Waals surface area contributed by atoms with Gasteiger partial charge in [-0.3, -0.25) is 0 Å². The Morgan fingerprint density at radius 3 is 2.10 bits per heavy atom. The first-order valence-corrected chi connectivity index (χ1v) is 10.3. The van der Waals surface area contributed by atoms with Crippen molar-refractivity contribution in [3.63, 3.8) is 0 Å². The van der Waals surface area contributed by atoms with Gasteiger partial charge in [-0.2, -0.15) is 0 Å². The maximum atomic E-state index is 2.54. The molecule has 0 radical (unpaired) electrons. The van der Waals surface area contributed by atoms with Crippen LogP contribution in [0.3, 0.4) is 0 Å². The van der Waals surface area contributed by atoms with Crippen LogP contribution in [0.4, 0.5) is 0 Å². The number of benzene rings is 1. The molecule has 1 aromatic rings. The second-order valence-electron chi connectivity index (χ2n) is 5.19. The van der Waals surface area contributed by atoms with Crippen molar-refractivity contribution in [3.8, 4) is 0 Å². The molecule has 0 nitrogen and oxygen atoms in total. The first-order chi connectivity index (χ1) is 8.63. The van der Waals surface area contributed by atoms with Crippen LogP contribution in [-0.4, -0.2) is 8.07 Å². The molecule has 2 rings (SSSR count). The topological polar surface area (TPSA) is 0 Å². The Bertz CT molecular complexity index is 500. The molecule has 0 heterocycles. The minimum atomic E-state index is -1.50. The van der Waals surface area contributed by atoms with Crippen LogP contribution in [0.5, 0.6) is 0 Å². The first kappa shape index (κ1) is 23.8. The van der Waals surface area contributed by atoms with Crippen LogP contribution >= 0.6 is 0 Å². The predicted octanol–water partition coefficient (Wildman–Crippen LogP) is -4.92. The molecule has 21 heavy (non-hydrogen) atoms. The van der Waals surface area contributed by atoms with E-state index < -0.39 is 8.07 Å². The van der Waals surface area contributed by atoms with Crippen LogP contribution in [0.15, 0.2) is 51.1 Å². The van der Waals surface area contributed by atoms with Gasteiger partial charge in [0.2, 0.25) is 0 Å². The molecule has 1 atom stereocenters. The van der Waals surface area contributed by atoms with Gasteiger partial charge < -0.3 is 37.2 Å². The van der Waals surface area contributed by atoms with Gasteiger partial charge in [-0.25, -0.2) is 0 Å². The van der Waals surface area contributed by atoms with E-state index in [1.807, 2.05) is 0 Å². The summed E-state index contributed by atoms with van der Waals surface area (Å²) in [6.45, 7) is 7.20. The average Bonchev–Trinajstić information content (AvgIpc) is 2.80. The molecule has 0 saturated heterocycles. The molecule has 0 aliphatic heterocycles. The summed E-state index contributed by atoms with van der Waals surface area (Å²) in [6.07, 6.45) is 4.81. The zero-order chi connectivity index (χ0) is 13.2. The maximum Gasteiger partial charge on any atom is -1.00 e. The van der Waals surface area contributed by atoms with Crippen LogP contribution < -0.4 is 42.4 Å². The minimum Gasteiger partial charge on any atom is -1.00 e. The van der Waals surface area contributed by atoms with Gasteiger partial charge in [-0.1, -0.05) is 0 Å². The smallest absolute Gasteiger partial charge is 1.00 e. The Morgan fingerprint density at radius 2 is 1.62 bits per heavy atom. The third-order valence-electron chi connectivity index (χ3n) is 4.23. The Labute approximate surface area is 160 Å². The third-order valence-corrected chi connectivity index (χ3v) is 10.1. The van der Waals surface area contributed by atoms with Gasteiger partial charge in [0.05, 0.1) is 0 Å². The fraction of sp³-hybridized carbons (Fsp3) is 0.375. The van der Waals surface area contributed by atoms with Gasteiger partial charge >= 0.3 is 124 Å². The van der Waals surface area contributed by atoms with Crippen molar-refractivity contribution < 1.29 is 57.7 Å². The third kappa shape index (κ3) is 4.73. The van der Waals surface area contributed by atoms with Crippen molar-refractivity contribution in [2.75, 3.05) is 0 Å². The number of hydrogen-bond acceptors (Lipinski definition) is 0. The Hall–Kier alpha value is 0.501. The summed E-state index contributed by atoms with van der Waals surface area (Å²) in [5, 5.41) is 3.32. The van der Waals surface area contributed by atoms with Gasteiger partial charge in [0, 0.05) is 0 Å². The van der Waals surface area contributed by atoms with Gasteiger partial charge in [0.1, 0.15) is 0 Å². The summed E-state index contributed by atoms with van der Waals surface area (Å²) >= 11 is 2.33. The zero-order valence-electron chi connectivity index (χ0n) is 12.7. The molecule has 0 spiro atoms. The number of halogens is 3. The van der Waals surface area contributed by atoms with Crippen molar-refractivity contribution >= 4 is 13.3 Å². The molecule has 1 unspecified atom stereocenters. The van der Waals surface area contributed by atoms with Gasteiger partial charge in [-0.05, 0) is 0 Å². The molecule has 1 aromatic carbocycles. The molecule has 1 aliphatic rings. The normalized spacial score (nSPS) is 16.1. The SMILES string of the molecule is CCC1=CC[C]([Ti+3])=C1[Si](C)(CC)c1ccccc1.[Cl-].[Cl-].[Cl-]. The summed E-state index contributed by atoms with van der Waals surface area (Å²) in [4.78, 5) is 0. The molecule has 0 amide bonds. The average molecular weight is 396 g/mol. The van der Waals surface area contributed by atoms with E-state index in [9.17, 15) is 0 Å². The van der Waals surface area contributed by atoms with Crippen LogP contribution in [0, 0.1) is 0 Å². The molecule has 0 aromatic heterocycles. The van der Waals surface area contributed by atoms with E-state index in [1.54, 1.807) is 19.8 Å². The van der Waals surface area contributed by atoms with E-state index in [1.165, 1.54) is 18.9 Å². The molecule has 114 valence electrons. The number of hydrogen-bond donors (Lipinski definition) is 0. The van der Waals surface area contributed by atoms with Gasteiger partial charge in [0.25, 0.3) is 0 Å². The second-order valence-corrected chi connectivity index (χ2v) is 10.6. The molecular formula is C16H21Cl3SiTi. The van der Waals surface area contributed by atoms with E-state index in [0.29, 0.717) is 0 Å². The molecule has 0 saturated carbocycles. The van der Waals surface area contributed by atoms with Crippen LogP contribution in [-0.2, 0) is 20.4 Å². The monoisotopic (exact) mass is 394 g/mol. The summed E-state index contributed by atoms with van der Waals surface area (Å²) < 4.78 is 1.62. The van der Waals surface area contributed by atoms with E-state index >= 15 is 0 Å². The maximum absolute atomic E-state index is 2.54. The van der Waals surface area contributed by atoms with Crippen LogP contribution in [0.25, 0.3) is 0 Å². The molecule has 0 N–H and O–H groups in total. The fourth-order valence-electron chi connectivity index (χ4n) is 2.96. The first-order valence-electron chi connectivity index (χ1n) is 6.83.